The molecule has 1 aromatic carbocycles. The lowest BCUT2D eigenvalue weighted by Gasteiger charge is -2.23. The van der Waals surface area contributed by atoms with E-state index >= 15 is 0 Å². The van der Waals surface area contributed by atoms with Crippen molar-refractivity contribution in [1.29, 1.82) is 0 Å². The number of hydrogen-bond acceptors (Lipinski definition) is 1. The van der Waals surface area contributed by atoms with Crippen LogP contribution in [0.25, 0.3) is 10.9 Å². The molecule has 0 saturated carbocycles. The fraction of sp³-hybridized carbons (Fsp3) is 0.467. The molecule has 2 nitrogen and oxygen atoms in total. The number of aromatic nitrogens is 1. The average molecular weight is 282 g/mol. The highest BCUT2D eigenvalue weighted by Gasteiger charge is 2.27. The van der Waals surface area contributed by atoms with Gasteiger partial charge in [0.25, 0.3) is 0 Å². The quantitative estimate of drug-likeness (QED) is 0.819. The fourth-order valence-electron chi connectivity index (χ4n) is 3.05. The molecule has 108 valence electrons. The third kappa shape index (κ3) is 2.00. The number of H-pyrrole nitrogens is 1. The van der Waals surface area contributed by atoms with Gasteiger partial charge in [0.1, 0.15) is 0 Å². The summed E-state index contributed by atoms with van der Waals surface area (Å²) in [6.07, 6.45) is 3.57. The molecule has 2 aromatic rings. The molecule has 5 heteroatoms. The van der Waals surface area contributed by atoms with Crippen molar-refractivity contribution in [2.75, 3.05) is 6.54 Å². The number of rotatable bonds is 3. The third-order valence-electron chi connectivity index (χ3n) is 3.97. The summed E-state index contributed by atoms with van der Waals surface area (Å²) in [4.78, 5) is 3.07. The maximum atomic E-state index is 14.0. The molecule has 20 heavy (non-hydrogen) atoms. The van der Waals surface area contributed by atoms with Gasteiger partial charge in [-0.25, -0.2) is 13.2 Å². The number of benzene rings is 1. The first kappa shape index (κ1) is 13.5. The van der Waals surface area contributed by atoms with E-state index in [4.69, 9.17) is 0 Å². The van der Waals surface area contributed by atoms with Crippen LogP contribution in [0.3, 0.4) is 0 Å². The van der Waals surface area contributed by atoms with E-state index < -0.39 is 17.5 Å². The summed E-state index contributed by atoms with van der Waals surface area (Å²) in [5.41, 5.74) is 2.01. The number of aromatic amines is 1. The Hall–Kier alpha value is -1.49. The van der Waals surface area contributed by atoms with Gasteiger partial charge >= 0.3 is 0 Å². The number of halogens is 3. The molecule has 1 aliphatic carbocycles. The zero-order valence-electron chi connectivity index (χ0n) is 11.3. The minimum Gasteiger partial charge on any atom is -0.357 e. The van der Waals surface area contributed by atoms with Crippen molar-refractivity contribution in [1.82, 2.24) is 10.3 Å². The number of aryl methyl sites for hydroxylation is 1. The molecule has 1 unspecified atom stereocenters. The van der Waals surface area contributed by atoms with Crippen molar-refractivity contribution in [3.63, 3.8) is 0 Å². The second-order valence-corrected chi connectivity index (χ2v) is 5.33. The summed E-state index contributed by atoms with van der Waals surface area (Å²) in [6, 6.07) is 1.15. The fourth-order valence-corrected chi connectivity index (χ4v) is 3.05. The van der Waals surface area contributed by atoms with Crippen LogP contribution < -0.4 is 5.32 Å². The van der Waals surface area contributed by atoms with E-state index in [2.05, 4.69) is 17.2 Å². The van der Waals surface area contributed by atoms with Crippen molar-refractivity contribution in [3.05, 3.63) is 34.8 Å². The monoisotopic (exact) mass is 282 g/mol. The van der Waals surface area contributed by atoms with Gasteiger partial charge in [0.15, 0.2) is 17.5 Å². The Labute approximate surface area is 115 Å². The number of hydrogen-bond donors (Lipinski definition) is 2. The first-order valence-corrected chi connectivity index (χ1v) is 7.04. The molecule has 1 atom stereocenters. The minimum absolute atomic E-state index is 0.108. The van der Waals surface area contributed by atoms with Crippen LogP contribution >= 0.6 is 0 Å². The Morgan fingerprint density at radius 2 is 2.10 bits per heavy atom. The highest BCUT2D eigenvalue weighted by Crippen LogP contribution is 2.37. The van der Waals surface area contributed by atoms with Crippen LogP contribution in [-0.2, 0) is 6.42 Å². The molecule has 2 N–H and O–H groups in total. The van der Waals surface area contributed by atoms with Gasteiger partial charge < -0.3 is 10.3 Å². The predicted octanol–water partition coefficient (Wildman–Crippen LogP) is 3.96. The molecule has 0 bridgehead atoms. The van der Waals surface area contributed by atoms with Crippen molar-refractivity contribution in [3.8, 4) is 0 Å². The zero-order chi connectivity index (χ0) is 14.3. The smallest absolute Gasteiger partial charge is 0.195 e. The highest BCUT2D eigenvalue weighted by atomic mass is 19.2. The Morgan fingerprint density at radius 1 is 1.30 bits per heavy atom. The summed E-state index contributed by atoms with van der Waals surface area (Å²) in [5.74, 6) is -3.61. The Kier molecular flexibility index (Phi) is 3.46. The van der Waals surface area contributed by atoms with Gasteiger partial charge in [-0.15, -0.1) is 0 Å². The summed E-state index contributed by atoms with van der Waals surface area (Å²) in [7, 11) is 0. The normalized spacial score (nSPS) is 18.5. The maximum Gasteiger partial charge on any atom is 0.195 e. The van der Waals surface area contributed by atoms with Crippen molar-refractivity contribution >= 4 is 10.9 Å². The van der Waals surface area contributed by atoms with Gasteiger partial charge in [-0.2, -0.15) is 0 Å². The zero-order valence-corrected chi connectivity index (χ0v) is 11.3. The first-order valence-electron chi connectivity index (χ1n) is 7.04. The van der Waals surface area contributed by atoms with Gasteiger partial charge in [0.05, 0.1) is 5.52 Å². The lowest BCUT2D eigenvalue weighted by atomic mass is 9.91. The van der Waals surface area contributed by atoms with Crippen LogP contribution in [0.4, 0.5) is 13.2 Å². The lowest BCUT2D eigenvalue weighted by Crippen LogP contribution is -2.25. The molecule has 0 fully saturated rings. The van der Waals surface area contributed by atoms with Crippen LogP contribution in [-0.4, -0.2) is 11.5 Å². The van der Waals surface area contributed by atoms with E-state index in [1.165, 1.54) is 0 Å². The molecule has 0 aliphatic heterocycles. The van der Waals surface area contributed by atoms with Gasteiger partial charge in [-0.05, 0) is 37.8 Å². The molecule has 1 heterocycles. The van der Waals surface area contributed by atoms with E-state index in [1.54, 1.807) is 0 Å². The van der Waals surface area contributed by atoms with Crippen molar-refractivity contribution in [2.24, 2.45) is 0 Å². The molecule has 0 amide bonds. The van der Waals surface area contributed by atoms with Crippen LogP contribution in [0.5, 0.6) is 0 Å². The van der Waals surface area contributed by atoms with E-state index in [9.17, 15) is 13.2 Å². The van der Waals surface area contributed by atoms with Crippen LogP contribution in [0.1, 0.15) is 43.5 Å². The summed E-state index contributed by atoms with van der Waals surface area (Å²) in [5, 5.41) is 3.61. The molecule has 3 rings (SSSR count). The van der Waals surface area contributed by atoms with Crippen molar-refractivity contribution in [2.45, 2.75) is 38.6 Å². The Bertz CT molecular complexity index is 648. The molecular formula is C15H17F3N2. The van der Waals surface area contributed by atoms with Crippen molar-refractivity contribution < 1.29 is 13.2 Å². The summed E-state index contributed by atoms with van der Waals surface area (Å²) in [6.45, 7) is 2.94. The molecule has 0 spiro atoms. The topological polar surface area (TPSA) is 27.8 Å². The van der Waals surface area contributed by atoms with Crippen LogP contribution in [0.15, 0.2) is 6.07 Å². The predicted molar refractivity (Wildman–Crippen MR) is 72.1 cm³/mol. The number of fused-ring (bicyclic) bond motifs is 3. The summed E-state index contributed by atoms with van der Waals surface area (Å²) >= 11 is 0. The number of nitrogens with one attached hydrogen (secondary N) is 2. The van der Waals surface area contributed by atoms with E-state index in [1.807, 2.05) is 0 Å². The minimum atomic E-state index is -1.39. The standard InChI is InChI=1S/C15H17F3N2/c1-2-6-19-10-5-3-4-8-12-11(20-15(8)10)7-9(16)13(17)14(12)18/h7,10,19-20H,2-6H2,1H3. The van der Waals surface area contributed by atoms with Gasteiger partial charge in [-0.3, -0.25) is 0 Å². The lowest BCUT2D eigenvalue weighted by molar-refractivity contribution is 0.449. The molecule has 1 aromatic heterocycles. The average Bonchev–Trinajstić information content (AvgIpc) is 2.81. The van der Waals surface area contributed by atoms with E-state index in [-0.39, 0.29) is 11.4 Å². The second kappa shape index (κ2) is 5.13. The van der Waals surface area contributed by atoms with Gasteiger partial charge in [0.2, 0.25) is 0 Å². The molecule has 1 aliphatic rings. The van der Waals surface area contributed by atoms with E-state index in [0.717, 1.165) is 43.1 Å². The SMILES string of the molecule is CCCNC1CCCc2c1[nH]c1cc(F)c(F)c(F)c21. The first-order chi connectivity index (χ1) is 9.63. The second-order valence-electron chi connectivity index (χ2n) is 5.33. The molecule has 0 radical (unpaired) electrons. The van der Waals surface area contributed by atoms with Crippen LogP contribution in [0.2, 0.25) is 0 Å². The molecule has 0 saturated heterocycles. The Morgan fingerprint density at radius 3 is 2.85 bits per heavy atom. The third-order valence-corrected chi connectivity index (χ3v) is 3.97. The molecular weight excluding hydrogens is 265 g/mol. The van der Waals surface area contributed by atoms with Crippen LogP contribution in [0, 0.1) is 17.5 Å². The Balaban J connectivity index is 2.14. The highest BCUT2D eigenvalue weighted by molar-refractivity contribution is 5.86. The largest absolute Gasteiger partial charge is 0.357 e. The van der Waals surface area contributed by atoms with Gasteiger partial charge in [-0.1, -0.05) is 6.92 Å². The maximum absolute atomic E-state index is 14.0. The van der Waals surface area contributed by atoms with Gasteiger partial charge in [0, 0.05) is 23.2 Å². The van der Waals surface area contributed by atoms with E-state index in [0.29, 0.717) is 11.9 Å². The summed E-state index contributed by atoms with van der Waals surface area (Å²) < 4.78 is 40.8.